The van der Waals surface area contributed by atoms with Crippen LogP contribution >= 0.6 is 11.6 Å². The van der Waals surface area contributed by atoms with Crippen LogP contribution in [0.4, 0.5) is 4.39 Å². The Balaban J connectivity index is 1.34. The molecule has 1 heterocycles. The molecule has 0 aliphatic carbocycles. The maximum atomic E-state index is 13.7. The van der Waals surface area contributed by atoms with Gasteiger partial charge in [-0.25, -0.2) is 4.39 Å². The van der Waals surface area contributed by atoms with E-state index in [1.807, 2.05) is 65.4 Å². The number of unbranched alkanes of at least 4 members (excludes halogenated alkanes) is 1. The molecule has 0 amide bonds. The number of ether oxygens (including phenoxy) is 2. The van der Waals surface area contributed by atoms with E-state index in [4.69, 9.17) is 26.2 Å². The molecule has 7 nitrogen and oxygen atoms in total. The number of fused-ring (bicyclic) bond motifs is 1. The van der Waals surface area contributed by atoms with Gasteiger partial charge in [-0.2, -0.15) is 0 Å². The van der Waals surface area contributed by atoms with Crippen LogP contribution in [0.5, 0.6) is 11.5 Å². The lowest BCUT2D eigenvalue weighted by Gasteiger charge is -2.09. The van der Waals surface area contributed by atoms with Crippen LogP contribution in [-0.4, -0.2) is 39.9 Å². The molecule has 214 valence electrons. The SMILES string of the molecule is O=C(O)CCCn1cc(CC(=O)O)c2c(/C=C/c3ccc(OCCCCOc4c(F)cccc4Cl)cc3)cccc21. The molecule has 9 heteroatoms. The maximum Gasteiger partial charge on any atom is 0.307 e. The molecule has 0 spiro atoms. The number of nitrogens with zero attached hydrogens (tertiary/aromatic N) is 1. The van der Waals surface area contributed by atoms with E-state index < -0.39 is 17.8 Å². The van der Waals surface area contributed by atoms with Crippen LogP contribution in [0.2, 0.25) is 5.02 Å². The van der Waals surface area contributed by atoms with E-state index in [1.165, 1.54) is 12.1 Å². The monoisotopic (exact) mass is 579 g/mol. The van der Waals surface area contributed by atoms with Gasteiger partial charge in [0.2, 0.25) is 0 Å². The third-order valence-corrected chi connectivity index (χ3v) is 6.75. The average Bonchev–Trinajstić information content (AvgIpc) is 3.28. The van der Waals surface area contributed by atoms with Gasteiger partial charge in [-0.1, -0.05) is 54.1 Å². The molecule has 4 aromatic rings. The van der Waals surface area contributed by atoms with Crippen LogP contribution < -0.4 is 9.47 Å². The molecule has 2 N–H and O–H groups in total. The van der Waals surface area contributed by atoms with Crippen molar-refractivity contribution in [1.82, 2.24) is 4.57 Å². The quantitative estimate of drug-likeness (QED) is 0.113. The third kappa shape index (κ3) is 8.35. The van der Waals surface area contributed by atoms with Crippen LogP contribution in [0.1, 0.15) is 42.4 Å². The molecule has 1 aromatic heterocycles. The highest BCUT2D eigenvalue weighted by atomic mass is 35.5. The van der Waals surface area contributed by atoms with Crippen molar-refractivity contribution in [2.24, 2.45) is 0 Å². The number of hydrogen-bond donors (Lipinski definition) is 2. The van der Waals surface area contributed by atoms with Crippen LogP contribution in [0.3, 0.4) is 0 Å². The molecular formula is C32H31ClFNO6. The topological polar surface area (TPSA) is 98.0 Å². The third-order valence-electron chi connectivity index (χ3n) is 6.46. The molecule has 0 bridgehead atoms. The minimum atomic E-state index is -0.925. The number of carbonyl (C=O) groups is 2. The van der Waals surface area contributed by atoms with Crippen molar-refractivity contribution in [2.75, 3.05) is 13.2 Å². The van der Waals surface area contributed by atoms with Crippen molar-refractivity contribution in [2.45, 2.75) is 38.6 Å². The Labute approximate surface area is 242 Å². The van der Waals surface area contributed by atoms with Gasteiger partial charge in [0.05, 0.1) is 24.7 Å². The fourth-order valence-electron chi connectivity index (χ4n) is 4.54. The van der Waals surface area contributed by atoms with E-state index in [2.05, 4.69) is 0 Å². The summed E-state index contributed by atoms with van der Waals surface area (Å²) in [4.78, 5) is 22.4. The largest absolute Gasteiger partial charge is 0.494 e. The number of benzene rings is 3. The summed E-state index contributed by atoms with van der Waals surface area (Å²) in [5, 5.41) is 19.5. The summed E-state index contributed by atoms with van der Waals surface area (Å²) in [6.45, 7) is 1.31. The van der Waals surface area contributed by atoms with Crippen molar-refractivity contribution in [3.05, 3.63) is 94.4 Å². The highest BCUT2D eigenvalue weighted by Gasteiger charge is 2.14. The Morgan fingerprint density at radius 2 is 1.61 bits per heavy atom. The van der Waals surface area contributed by atoms with E-state index >= 15 is 0 Å². The van der Waals surface area contributed by atoms with Crippen LogP contribution in [0, 0.1) is 5.82 Å². The molecular weight excluding hydrogens is 549 g/mol. The molecule has 0 saturated heterocycles. The fourth-order valence-corrected chi connectivity index (χ4v) is 4.76. The molecule has 0 aliphatic rings. The summed E-state index contributed by atoms with van der Waals surface area (Å²) in [6, 6.07) is 17.8. The molecule has 0 saturated carbocycles. The second-order valence-electron chi connectivity index (χ2n) is 9.51. The summed E-state index contributed by atoms with van der Waals surface area (Å²) < 4.78 is 26.9. The minimum Gasteiger partial charge on any atom is -0.494 e. The Morgan fingerprint density at radius 1 is 0.878 bits per heavy atom. The summed E-state index contributed by atoms with van der Waals surface area (Å²) in [7, 11) is 0. The zero-order valence-corrected chi connectivity index (χ0v) is 23.1. The fraction of sp³-hybridized carbons (Fsp3) is 0.250. The van der Waals surface area contributed by atoms with E-state index in [1.54, 1.807) is 6.07 Å². The molecule has 0 fully saturated rings. The van der Waals surface area contributed by atoms with Gasteiger partial charge in [0.25, 0.3) is 0 Å². The average molecular weight is 580 g/mol. The zero-order valence-electron chi connectivity index (χ0n) is 22.4. The lowest BCUT2D eigenvalue weighted by atomic mass is 10.0. The highest BCUT2D eigenvalue weighted by molar-refractivity contribution is 6.32. The first kappa shape index (κ1) is 29.7. The summed E-state index contributed by atoms with van der Waals surface area (Å²) in [6.07, 6.45) is 7.51. The molecule has 0 atom stereocenters. The smallest absolute Gasteiger partial charge is 0.307 e. The van der Waals surface area contributed by atoms with Crippen molar-refractivity contribution in [3.63, 3.8) is 0 Å². The van der Waals surface area contributed by atoms with Gasteiger partial charge in [0, 0.05) is 30.1 Å². The predicted octanol–water partition coefficient (Wildman–Crippen LogP) is 7.33. The number of carboxylic acids is 2. The number of halogens is 2. The normalized spacial score (nSPS) is 11.3. The van der Waals surface area contributed by atoms with Gasteiger partial charge < -0.3 is 24.3 Å². The summed E-state index contributed by atoms with van der Waals surface area (Å²) in [5.74, 6) is -1.47. The molecule has 3 aromatic carbocycles. The number of aliphatic carboxylic acids is 2. The van der Waals surface area contributed by atoms with E-state index in [0.717, 1.165) is 34.2 Å². The van der Waals surface area contributed by atoms with Crippen molar-refractivity contribution < 1.29 is 33.7 Å². The van der Waals surface area contributed by atoms with Crippen molar-refractivity contribution in [1.29, 1.82) is 0 Å². The van der Waals surface area contributed by atoms with Crippen molar-refractivity contribution >= 4 is 46.6 Å². The van der Waals surface area contributed by atoms with Gasteiger partial charge in [0.1, 0.15) is 5.75 Å². The Morgan fingerprint density at radius 3 is 2.32 bits per heavy atom. The maximum absolute atomic E-state index is 13.7. The number of hydrogen-bond acceptors (Lipinski definition) is 4. The Hall–Kier alpha value is -4.30. The highest BCUT2D eigenvalue weighted by Crippen LogP contribution is 2.29. The Kier molecular flexibility index (Phi) is 10.4. The molecule has 0 aliphatic heterocycles. The van der Waals surface area contributed by atoms with E-state index in [-0.39, 0.29) is 23.6 Å². The predicted molar refractivity (Wildman–Crippen MR) is 157 cm³/mol. The first-order valence-electron chi connectivity index (χ1n) is 13.3. The summed E-state index contributed by atoms with van der Waals surface area (Å²) in [5.41, 5.74) is 3.40. The van der Waals surface area contributed by atoms with Crippen molar-refractivity contribution in [3.8, 4) is 11.5 Å². The number of aryl methyl sites for hydroxylation is 1. The first-order chi connectivity index (χ1) is 19.8. The molecule has 0 unspecified atom stereocenters. The number of carboxylic acid groups (broad SMARTS) is 2. The second-order valence-corrected chi connectivity index (χ2v) is 9.92. The van der Waals surface area contributed by atoms with Gasteiger partial charge in [-0.3, -0.25) is 9.59 Å². The first-order valence-corrected chi connectivity index (χ1v) is 13.7. The van der Waals surface area contributed by atoms with Gasteiger partial charge >= 0.3 is 11.9 Å². The van der Waals surface area contributed by atoms with Gasteiger partial charge in [0.15, 0.2) is 11.6 Å². The lowest BCUT2D eigenvalue weighted by Crippen LogP contribution is -2.03. The zero-order chi connectivity index (χ0) is 29.2. The lowest BCUT2D eigenvalue weighted by molar-refractivity contribution is -0.137. The minimum absolute atomic E-state index is 0.0481. The van der Waals surface area contributed by atoms with Crippen LogP contribution in [0.15, 0.2) is 66.9 Å². The standard InChI is InChI=1S/C32H31ClFNO6/c33-26-7-4-8-27(34)32(26)41-19-2-1-18-40-25-15-12-22(13-16-25)11-14-23-6-3-9-28-31(23)24(20-30(38)39)21-35(28)17-5-10-29(36)37/h3-4,6-9,11-16,21H,1-2,5,10,17-20H2,(H,36,37)(H,38,39)/b14-11+. The second kappa shape index (κ2) is 14.4. The van der Waals surface area contributed by atoms with Crippen LogP contribution in [-0.2, 0) is 22.6 Å². The van der Waals surface area contributed by atoms with Gasteiger partial charge in [-0.15, -0.1) is 0 Å². The number of aromatic nitrogens is 1. The van der Waals surface area contributed by atoms with E-state index in [0.29, 0.717) is 38.2 Å². The summed E-state index contributed by atoms with van der Waals surface area (Å²) >= 11 is 5.96. The number of rotatable bonds is 15. The molecule has 0 radical (unpaired) electrons. The molecule has 41 heavy (non-hydrogen) atoms. The Bertz CT molecular complexity index is 1510. The van der Waals surface area contributed by atoms with E-state index in [9.17, 15) is 19.1 Å². The van der Waals surface area contributed by atoms with Crippen LogP contribution in [0.25, 0.3) is 23.1 Å². The number of para-hydroxylation sites is 1. The van der Waals surface area contributed by atoms with Gasteiger partial charge in [-0.05, 0) is 66.3 Å². The molecule has 4 rings (SSSR count).